The van der Waals surface area contributed by atoms with Gasteiger partial charge >= 0.3 is 18.3 Å². The number of aliphatic carboxylic acids is 1. The van der Waals surface area contributed by atoms with Crippen molar-refractivity contribution in [3.63, 3.8) is 0 Å². The molecule has 150 valence electrons. The quantitative estimate of drug-likeness (QED) is 0.476. The van der Waals surface area contributed by atoms with Crippen molar-refractivity contribution in [3.8, 4) is 5.75 Å². The maximum atomic E-state index is 13.6. The fourth-order valence-electron chi connectivity index (χ4n) is 2.39. The van der Waals surface area contributed by atoms with Crippen LogP contribution in [0, 0.1) is 0 Å². The van der Waals surface area contributed by atoms with Gasteiger partial charge in [-0.25, -0.2) is 4.79 Å². The van der Waals surface area contributed by atoms with E-state index in [4.69, 9.17) is 9.84 Å². The first-order valence-corrected chi connectivity index (χ1v) is 8.30. The summed E-state index contributed by atoms with van der Waals surface area (Å²) in [5.41, 5.74) is -4.73. The molecule has 10 heteroatoms. The molecule has 0 unspecified atom stereocenters. The number of benzene rings is 2. The Morgan fingerprint density at radius 3 is 2.11 bits per heavy atom. The summed E-state index contributed by atoms with van der Waals surface area (Å²) in [4.78, 5) is 10.1. The molecule has 0 amide bonds. The third-order valence-corrected chi connectivity index (χ3v) is 4.58. The Bertz CT molecular complexity index is 903. The van der Waals surface area contributed by atoms with Gasteiger partial charge in [0.15, 0.2) is 0 Å². The first-order chi connectivity index (χ1) is 12.9. The highest BCUT2D eigenvalue weighted by Crippen LogP contribution is 2.49. The SMILES string of the molecule is COc1ccccc1Sc1ccc(/C=C/C(=O)O)c(C(F)(F)F)c1C(F)(F)F. The third-order valence-electron chi connectivity index (χ3n) is 3.46. The predicted octanol–water partition coefficient (Wildman–Crippen LogP) is 5.98. The lowest BCUT2D eigenvalue weighted by atomic mass is 9.99. The molecule has 0 radical (unpaired) electrons. The fourth-order valence-corrected chi connectivity index (χ4v) is 3.48. The molecule has 0 aliphatic heterocycles. The standard InChI is InChI=1S/C18H12F6O3S/c1-27-11-4-2-3-5-12(11)28-13-8-6-10(7-9-14(25)26)15(17(19,20)21)16(13)18(22,23)24/h2-9H,1H3,(H,25,26)/b9-7+. The lowest BCUT2D eigenvalue weighted by Gasteiger charge is -2.21. The van der Waals surface area contributed by atoms with E-state index in [1.807, 2.05) is 0 Å². The Morgan fingerprint density at radius 1 is 0.964 bits per heavy atom. The molecule has 0 aliphatic rings. The Labute approximate surface area is 159 Å². The zero-order chi connectivity index (χ0) is 21.1. The van der Waals surface area contributed by atoms with Crippen molar-refractivity contribution in [2.45, 2.75) is 22.1 Å². The van der Waals surface area contributed by atoms with Gasteiger partial charge in [-0.2, -0.15) is 26.3 Å². The van der Waals surface area contributed by atoms with Crippen molar-refractivity contribution in [3.05, 3.63) is 59.2 Å². The highest BCUT2D eigenvalue weighted by Gasteiger charge is 2.46. The molecule has 0 aromatic heterocycles. The maximum absolute atomic E-state index is 13.6. The number of carboxylic acid groups (broad SMARTS) is 1. The van der Waals surface area contributed by atoms with Gasteiger partial charge in [0, 0.05) is 11.0 Å². The molecule has 0 spiro atoms. The van der Waals surface area contributed by atoms with Crippen LogP contribution >= 0.6 is 11.8 Å². The summed E-state index contributed by atoms with van der Waals surface area (Å²) in [6, 6.07) is 7.62. The van der Waals surface area contributed by atoms with Crippen LogP contribution in [0.5, 0.6) is 5.75 Å². The van der Waals surface area contributed by atoms with Crippen LogP contribution in [0.4, 0.5) is 26.3 Å². The number of halogens is 6. The molecule has 0 saturated carbocycles. The summed E-state index contributed by atoms with van der Waals surface area (Å²) < 4.78 is 86.4. The van der Waals surface area contributed by atoms with Crippen LogP contribution in [0.15, 0.2) is 52.3 Å². The van der Waals surface area contributed by atoms with Crippen molar-refractivity contribution in [2.75, 3.05) is 7.11 Å². The van der Waals surface area contributed by atoms with Crippen molar-refractivity contribution in [2.24, 2.45) is 0 Å². The smallest absolute Gasteiger partial charge is 0.418 e. The molecule has 2 aromatic carbocycles. The molecule has 28 heavy (non-hydrogen) atoms. The van der Waals surface area contributed by atoms with E-state index in [1.54, 1.807) is 6.07 Å². The molecule has 0 fully saturated rings. The van der Waals surface area contributed by atoms with Crippen LogP contribution in [-0.4, -0.2) is 18.2 Å². The molecule has 2 aromatic rings. The van der Waals surface area contributed by atoms with E-state index in [0.29, 0.717) is 23.9 Å². The fraction of sp³-hybridized carbons (Fsp3) is 0.167. The van der Waals surface area contributed by atoms with Crippen LogP contribution < -0.4 is 4.74 Å². The van der Waals surface area contributed by atoms with E-state index < -0.39 is 39.9 Å². The van der Waals surface area contributed by atoms with Gasteiger partial charge in [-0.05, 0) is 29.8 Å². The van der Waals surface area contributed by atoms with Gasteiger partial charge in [0.2, 0.25) is 0 Å². The van der Waals surface area contributed by atoms with Gasteiger partial charge in [0.1, 0.15) is 5.75 Å². The monoisotopic (exact) mass is 422 g/mol. The third kappa shape index (κ3) is 5.00. The number of methoxy groups -OCH3 is 1. The van der Waals surface area contributed by atoms with Crippen LogP contribution in [0.2, 0.25) is 0 Å². The zero-order valence-corrected chi connectivity index (χ0v) is 14.9. The molecular formula is C18H12F6O3S. The number of hydrogen-bond acceptors (Lipinski definition) is 3. The highest BCUT2D eigenvalue weighted by atomic mass is 32.2. The molecule has 1 N–H and O–H groups in total. The molecule has 0 atom stereocenters. The Balaban J connectivity index is 2.75. The minimum atomic E-state index is -5.36. The van der Waals surface area contributed by atoms with E-state index >= 15 is 0 Å². The Morgan fingerprint density at radius 2 is 1.57 bits per heavy atom. The summed E-state index contributed by atoms with van der Waals surface area (Å²) in [6.45, 7) is 0. The molecule has 0 heterocycles. The van der Waals surface area contributed by atoms with Gasteiger partial charge in [0.25, 0.3) is 0 Å². The predicted molar refractivity (Wildman–Crippen MR) is 90.2 cm³/mol. The minimum absolute atomic E-state index is 0.192. The highest BCUT2D eigenvalue weighted by molar-refractivity contribution is 7.99. The molecular weight excluding hydrogens is 410 g/mol. The minimum Gasteiger partial charge on any atom is -0.496 e. The average Bonchev–Trinajstić information content (AvgIpc) is 2.58. The normalized spacial score (nSPS) is 12.4. The number of ether oxygens (including phenoxy) is 1. The van der Waals surface area contributed by atoms with Crippen molar-refractivity contribution in [1.29, 1.82) is 0 Å². The van der Waals surface area contributed by atoms with Gasteiger partial charge < -0.3 is 9.84 Å². The second-order valence-corrected chi connectivity index (χ2v) is 6.41. The second kappa shape index (κ2) is 8.17. The molecule has 3 nitrogen and oxygen atoms in total. The average molecular weight is 422 g/mol. The zero-order valence-electron chi connectivity index (χ0n) is 14.1. The summed E-state index contributed by atoms with van der Waals surface area (Å²) in [5, 5.41) is 8.60. The van der Waals surface area contributed by atoms with Gasteiger partial charge in [-0.15, -0.1) is 0 Å². The number of hydrogen-bond donors (Lipinski definition) is 1. The first kappa shape index (κ1) is 21.7. The van der Waals surface area contributed by atoms with E-state index in [9.17, 15) is 31.1 Å². The number of carboxylic acids is 1. The summed E-state index contributed by atoms with van der Waals surface area (Å²) >= 11 is 0.470. The van der Waals surface area contributed by atoms with Gasteiger partial charge in [-0.1, -0.05) is 30.0 Å². The number of carbonyl (C=O) groups is 1. The first-order valence-electron chi connectivity index (χ1n) is 7.48. The van der Waals surface area contributed by atoms with E-state index in [1.165, 1.54) is 25.3 Å². The van der Waals surface area contributed by atoms with Crippen molar-refractivity contribution in [1.82, 2.24) is 0 Å². The van der Waals surface area contributed by atoms with E-state index in [0.717, 1.165) is 12.1 Å². The van der Waals surface area contributed by atoms with Crippen LogP contribution in [-0.2, 0) is 17.1 Å². The number of alkyl halides is 6. The second-order valence-electron chi connectivity index (χ2n) is 5.32. The van der Waals surface area contributed by atoms with Gasteiger partial charge in [0.05, 0.1) is 23.1 Å². The maximum Gasteiger partial charge on any atom is 0.418 e. The molecule has 0 aliphatic carbocycles. The van der Waals surface area contributed by atoms with Crippen LogP contribution in [0.25, 0.3) is 6.08 Å². The summed E-state index contributed by atoms with van der Waals surface area (Å²) in [5.74, 6) is -1.39. The lowest BCUT2D eigenvalue weighted by Crippen LogP contribution is -2.19. The van der Waals surface area contributed by atoms with Gasteiger partial charge in [-0.3, -0.25) is 0 Å². The molecule has 2 rings (SSSR count). The summed E-state index contributed by atoms with van der Waals surface area (Å²) in [7, 11) is 1.28. The largest absolute Gasteiger partial charge is 0.496 e. The number of rotatable bonds is 5. The summed E-state index contributed by atoms with van der Waals surface area (Å²) in [6.07, 6.45) is -9.86. The van der Waals surface area contributed by atoms with Crippen molar-refractivity contribution < 1.29 is 41.0 Å². The van der Waals surface area contributed by atoms with Crippen LogP contribution in [0.3, 0.4) is 0 Å². The van der Waals surface area contributed by atoms with Crippen molar-refractivity contribution >= 4 is 23.8 Å². The van der Waals surface area contributed by atoms with E-state index in [-0.39, 0.29) is 10.6 Å². The molecule has 0 saturated heterocycles. The Kier molecular flexibility index (Phi) is 6.33. The topological polar surface area (TPSA) is 46.5 Å². The molecule has 0 bridgehead atoms. The lowest BCUT2D eigenvalue weighted by molar-refractivity contribution is -0.163. The van der Waals surface area contributed by atoms with E-state index in [2.05, 4.69) is 0 Å². The number of para-hydroxylation sites is 1. The Hall–Kier alpha value is -2.62. The van der Waals surface area contributed by atoms with Crippen LogP contribution in [0.1, 0.15) is 16.7 Å².